The second kappa shape index (κ2) is 4.77. The zero-order valence-corrected chi connectivity index (χ0v) is 12.8. The molecule has 1 heterocycles. The standard InChI is InChI=1S/C14H16F3NOSi/c1-19-9-5-6-11-10(7-9)12(20(2,3)4)8-13(18-11)14(15,16)17/h5-8H,1-4H3. The van der Waals surface area contributed by atoms with Gasteiger partial charge in [0.25, 0.3) is 0 Å². The maximum absolute atomic E-state index is 13.0. The van der Waals surface area contributed by atoms with E-state index in [4.69, 9.17) is 4.74 Å². The lowest BCUT2D eigenvalue weighted by molar-refractivity contribution is -0.140. The Morgan fingerprint density at radius 3 is 2.25 bits per heavy atom. The molecule has 108 valence electrons. The second-order valence-electron chi connectivity index (χ2n) is 5.69. The van der Waals surface area contributed by atoms with Crippen LogP contribution in [0.5, 0.6) is 5.75 Å². The van der Waals surface area contributed by atoms with Gasteiger partial charge in [-0.15, -0.1) is 0 Å². The van der Waals surface area contributed by atoms with E-state index in [-0.39, 0.29) is 0 Å². The highest BCUT2D eigenvalue weighted by Crippen LogP contribution is 2.30. The van der Waals surface area contributed by atoms with Crippen molar-refractivity contribution in [1.29, 1.82) is 0 Å². The lowest BCUT2D eigenvalue weighted by Crippen LogP contribution is -2.39. The third kappa shape index (κ3) is 2.79. The summed E-state index contributed by atoms with van der Waals surface area (Å²) in [7, 11) is -0.405. The van der Waals surface area contributed by atoms with Gasteiger partial charge < -0.3 is 4.74 Å². The minimum atomic E-state index is -4.43. The predicted molar refractivity (Wildman–Crippen MR) is 76.3 cm³/mol. The number of ether oxygens (including phenoxy) is 1. The molecule has 0 radical (unpaired) electrons. The first-order chi connectivity index (χ1) is 9.13. The number of alkyl halides is 3. The molecule has 0 aliphatic carbocycles. The fourth-order valence-corrected chi connectivity index (χ4v) is 3.68. The topological polar surface area (TPSA) is 22.1 Å². The van der Waals surface area contributed by atoms with Gasteiger partial charge in [-0.3, -0.25) is 0 Å². The van der Waals surface area contributed by atoms with E-state index in [9.17, 15) is 13.2 Å². The number of aromatic nitrogens is 1. The van der Waals surface area contributed by atoms with Crippen molar-refractivity contribution in [3.05, 3.63) is 30.0 Å². The number of halogens is 3. The Bertz CT molecular complexity index is 647. The lowest BCUT2D eigenvalue weighted by atomic mass is 10.2. The van der Waals surface area contributed by atoms with Crippen molar-refractivity contribution in [3.8, 4) is 5.75 Å². The van der Waals surface area contributed by atoms with Crippen molar-refractivity contribution in [2.45, 2.75) is 25.8 Å². The van der Waals surface area contributed by atoms with Crippen LogP contribution in [0, 0.1) is 0 Å². The largest absolute Gasteiger partial charge is 0.497 e. The molecule has 0 amide bonds. The molecule has 1 aromatic carbocycles. The summed E-state index contributed by atoms with van der Waals surface area (Å²) in [5.74, 6) is 0.624. The molecule has 0 unspecified atom stereocenters. The smallest absolute Gasteiger partial charge is 0.433 e. The van der Waals surface area contributed by atoms with Crippen LogP contribution in [0.3, 0.4) is 0 Å². The van der Waals surface area contributed by atoms with E-state index in [0.29, 0.717) is 11.3 Å². The van der Waals surface area contributed by atoms with E-state index in [0.717, 1.165) is 10.6 Å². The molecule has 0 aliphatic heterocycles. The predicted octanol–water partition coefficient (Wildman–Crippen LogP) is 3.81. The molecule has 0 saturated carbocycles. The number of hydrogen-bond donors (Lipinski definition) is 0. The number of pyridine rings is 1. The SMILES string of the molecule is COc1ccc2nc(C(F)(F)F)cc([Si](C)(C)C)c2c1. The van der Waals surface area contributed by atoms with Gasteiger partial charge in [-0.1, -0.05) is 19.6 Å². The molecule has 0 fully saturated rings. The van der Waals surface area contributed by atoms with Crippen LogP contribution in [0.1, 0.15) is 5.69 Å². The molecule has 2 nitrogen and oxygen atoms in total. The number of nitrogens with zero attached hydrogens (tertiary/aromatic N) is 1. The van der Waals surface area contributed by atoms with E-state index in [2.05, 4.69) is 4.98 Å². The molecule has 0 bridgehead atoms. The molecule has 20 heavy (non-hydrogen) atoms. The quantitative estimate of drug-likeness (QED) is 0.787. The molecule has 0 atom stereocenters. The number of methoxy groups -OCH3 is 1. The van der Waals surface area contributed by atoms with Crippen LogP contribution in [0.4, 0.5) is 13.2 Å². The molecule has 2 aromatic rings. The Kier molecular flexibility index (Phi) is 3.54. The first-order valence-corrected chi connectivity index (χ1v) is 9.69. The van der Waals surface area contributed by atoms with E-state index in [1.165, 1.54) is 13.2 Å². The van der Waals surface area contributed by atoms with E-state index >= 15 is 0 Å². The Balaban J connectivity index is 2.82. The fraction of sp³-hybridized carbons (Fsp3) is 0.357. The summed E-state index contributed by atoms with van der Waals surface area (Å²) in [6, 6.07) is 6.15. The molecular weight excluding hydrogens is 283 g/mol. The van der Waals surface area contributed by atoms with Crippen LogP contribution in [-0.4, -0.2) is 20.2 Å². The van der Waals surface area contributed by atoms with Crippen LogP contribution >= 0.6 is 0 Å². The number of fused-ring (bicyclic) bond motifs is 1. The van der Waals surface area contributed by atoms with Gasteiger partial charge in [-0.05, 0) is 29.5 Å². The van der Waals surface area contributed by atoms with Crippen LogP contribution in [0.25, 0.3) is 10.9 Å². The summed E-state index contributed by atoms with van der Waals surface area (Å²) in [6.07, 6.45) is -4.43. The molecule has 0 aliphatic rings. The van der Waals surface area contributed by atoms with Crippen molar-refractivity contribution < 1.29 is 17.9 Å². The highest BCUT2D eigenvalue weighted by Gasteiger charge is 2.34. The van der Waals surface area contributed by atoms with Crippen LogP contribution in [0.15, 0.2) is 24.3 Å². The van der Waals surface area contributed by atoms with E-state index in [1.54, 1.807) is 18.2 Å². The molecule has 0 N–H and O–H groups in total. The Morgan fingerprint density at radius 2 is 1.75 bits per heavy atom. The maximum Gasteiger partial charge on any atom is 0.433 e. The second-order valence-corrected chi connectivity index (χ2v) is 10.7. The van der Waals surface area contributed by atoms with E-state index < -0.39 is 19.9 Å². The third-order valence-electron chi connectivity index (χ3n) is 3.11. The van der Waals surface area contributed by atoms with Crippen LogP contribution in [0.2, 0.25) is 19.6 Å². The van der Waals surface area contributed by atoms with Gasteiger partial charge in [0.2, 0.25) is 0 Å². The highest BCUT2D eigenvalue weighted by atomic mass is 28.3. The van der Waals surface area contributed by atoms with Gasteiger partial charge >= 0.3 is 6.18 Å². The molecule has 0 saturated heterocycles. The summed E-state index contributed by atoms with van der Waals surface area (Å²) in [5, 5.41) is 1.49. The Labute approximate surface area is 116 Å². The van der Waals surface area contributed by atoms with Crippen molar-refractivity contribution in [2.24, 2.45) is 0 Å². The van der Waals surface area contributed by atoms with Gasteiger partial charge in [0.1, 0.15) is 11.4 Å². The first kappa shape index (κ1) is 14.8. The van der Waals surface area contributed by atoms with Gasteiger partial charge in [0.05, 0.1) is 20.7 Å². The normalized spacial score (nSPS) is 12.8. The summed E-state index contributed by atoms with van der Waals surface area (Å²) in [5.41, 5.74) is -0.467. The monoisotopic (exact) mass is 299 g/mol. The Morgan fingerprint density at radius 1 is 1.10 bits per heavy atom. The third-order valence-corrected chi connectivity index (χ3v) is 5.14. The molecule has 1 aromatic heterocycles. The number of benzene rings is 1. The summed E-state index contributed by atoms with van der Waals surface area (Å²) < 4.78 is 44.0. The van der Waals surface area contributed by atoms with Crippen molar-refractivity contribution >= 4 is 24.2 Å². The number of rotatable bonds is 2. The fourth-order valence-electron chi connectivity index (χ4n) is 2.10. The van der Waals surface area contributed by atoms with Crippen molar-refractivity contribution in [1.82, 2.24) is 4.98 Å². The van der Waals surface area contributed by atoms with Crippen LogP contribution < -0.4 is 9.92 Å². The van der Waals surface area contributed by atoms with Crippen molar-refractivity contribution in [2.75, 3.05) is 7.11 Å². The zero-order valence-electron chi connectivity index (χ0n) is 11.8. The van der Waals surface area contributed by atoms with Gasteiger partial charge in [0.15, 0.2) is 0 Å². The van der Waals surface area contributed by atoms with Crippen molar-refractivity contribution in [3.63, 3.8) is 0 Å². The van der Waals surface area contributed by atoms with Gasteiger partial charge in [0, 0.05) is 5.39 Å². The molecule has 6 heteroatoms. The average molecular weight is 299 g/mol. The highest BCUT2D eigenvalue weighted by molar-refractivity contribution is 6.90. The van der Waals surface area contributed by atoms with Gasteiger partial charge in [-0.2, -0.15) is 13.2 Å². The summed E-state index contributed by atoms with van der Waals surface area (Å²) in [6.45, 7) is 6.05. The molecule has 0 spiro atoms. The lowest BCUT2D eigenvalue weighted by Gasteiger charge is -2.21. The minimum Gasteiger partial charge on any atom is -0.497 e. The molecule has 2 rings (SSSR count). The van der Waals surface area contributed by atoms with Crippen LogP contribution in [-0.2, 0) is 6.18 Å². The van der Waals surface area contributed by atoms with Gasteiger partial charge in [-0.25, -0.2) is 4.98 Å². The average Bonchev–Trinajstić information content (AvgIpc) is 2.34. The molecular formula is C14H16F3NOSi. The maximum atomic E-state index is 13.0. The van der Waals surface area contributed by atoms with E-state index in [1.807, 2.05) is 19.6 Å². The first-order valence-electron chi connectivity index (χ1n) is 6.19. The zero-order chi connectivity index (χ0) is 15.1. The Hall–Kier alpha value is -1.56. The summed E-state index contributed by atoms with van der Waals surface area (Å²) in [4.78, 5) is 3.74. The minimum absolute atomic E-state index is 0.359. The summed E-state index contributed by atoms with van der Waals surface area (Å²) >= 11 is 0. The number of hydrogen-bond acceptors (Lipinski definition) is 2.